The zero-order chi connectivity index (χ0) is 20.8. The van der Waals surface area contributed by atoms with Crippen LogP contribution in [0.5, 0.6) is 0 Å². The first-order chi connectivity index (χ1) is 14.5. The summed E-state index contributed by atoms with van der Waals surface area (Å²) in [5.41, 5.74) is 7.67. The van der Waals surface area contributed by atoms with Crippen molar-refractivity contribution >= 4 is 39.9 Å². The zero-order valence-corrected chi connectivity index (χ0v) is 17.3. The molecule has 1 aliphatic heterocycles. The number of nitrogens with zero attached hydrogens (tertiary/aromatic N) is 1. The van der Waals surface area contributed by atoms with Gasteiger partial charge < -0.3 is 5.32 Å². The van der Waals surface area contributed by atoms with Crippen molar-refractivity contribution in [1.82, 2.24) is 4.68 Å². The van der Waals surface area contributed by atoms with Crippen LogP contribution < -0.4 is 16.3 Å². The molecule has 0 fully saturated rings. The minimum Gasteiger partial charge on any atom is -0.354 e. The van der Waals surface area contributed by atoms with E-state index in [1.807, 2.05) is 19.1 Å². The van der Waals surface area contributed by atoms with Crippen molar-refractivity contribution in [2.75, 3.05) is 10.7 Å². The van der Waals surface area contributed by atoms with Gasteiger partial charge in [-0.1, -0.05) is 36.0 Å². The number of nitrogens with one attached hydrogen (secondary N) is 2. The van der Waals surface area contributed by atoms with Crippen LogP contribution in [0.3, 0.4) is 0 Å². The normalized spacial score (nSPS) is 12.1. The van der Waals surface area contributed by atoms with Gasteiger partial charge in [0.1, 0.15) is 0 Å². The quantitative estimate of drug-likeness (QED) is 0.417. The number of benzene rings is 3. The minimum absolute atomic E-state index is 0.274. The van der Waals surface area contributed by atoms with Gasteiger partial charge in [-0.2, -0.15) is 0 Å². The third-order valence-corrected chi connectivity index (χ3v) is 6.32. The lowest BCUT2D eigenvalue weighted by Crippen LogP contribution is -2.33. The summed E-state index contributed by atoms with van der Waals surface area (Å²) in [6, 6.07) is 20.7. The van der Waals surface area contributed by atoms with Gasteiger partial charge in [-0.25, -0.2) is 4.68 Å². The Kier molecular flexibility index (Phi) is 4.37. The molecular formula is C24H19N3O2S. The van der Waals surface area contributed by atoms with Crippen molar-refractivity contribution in [3.63, 3.8) is 0 Å². The van der Waals surface area contributed by atoms with Crippen molar-refractivity contribution in [1.29, 1.82) is 0 Å². The molecule has 1 amide bonds. The van der Waals surface area contributed by atoms with Gasteiger partial charge >= 0.3 is 0 Å². The molecule has 1 aliphatic rings. The topological polar surface area (TPSA) is 63.1 Å². The summed E-state index contributed by atoms with van der Waals surface area (Å²) in [7, 11) is 0. The van der Waals surface area contributed by atoms with Gasteiger partial charge in [-0.05, 0) is 61.4 Å². The molecule has 0 atom stereocenters. The van der Waals surface area contributed by atoms with Crippen molar-refractivity contribution in [3.05, 3.63) is 93.8 Å². The van der Waals surface area contributed by atoms with Crippen LogP contribution in [0.2, 0.25) is 0 Å². The van der Waals surface area contributed by atoms with Gasteiger partial charge in [0.05, 0.1) is 16.9 Å². The smallest absolute Gasteiger partial charge is 0.270 e. The summed E-state index contributed by atoms with van der Waals surface area (Å²) >= 11 is 1.70. The summed E-state index contributed by atoms with van der Waals surface area (Å²) in [5.74, 6) is -0.330. The Morgan fingerprint density at radius 2 is 1.70 bits per heavy atom. The highest BCUT2D eigenvalue weighted by molar-refractivity contribution is 7.99. The molecular weight excluding hydrogens is 394 g/mol. The molecule has 2 heterocycles. The van der Waals surface area contributed by atoms with E-state index in [9.17, 15) is 9.59 Å². The van der Waals surface area contributed by atoms with Gasteiger partial charge in [0.15, 0.2) is 0 Å². The Hall–Kier alpha value is -3.51. The van der Waals surface area contributed by atoms with Gasteiger partial charge in [-0.3, -0.25) is 15.0 Å². The van der Waals surface area contributed by atoms with E-state index in [-0.39, 0.29) is 11.5 Å². The van der Waals surface area contributed by atoms with E-state index in [1.54, 1.807) is 42.1 Å². The Balaban J connectivity index is 1.63. The third kappa shape index (κ3) is 3.15. The molecule has 2 N–H and O–H groups in total. The highest BCUT2D eigenvalue weighted by Crippen LogP contribution is 2.45. The summed E-state index contributed by atoms with van der Waals surface area (Å²) in [5, 5.41) is 4.39. The van der Waals surface area contributed by atoms with Gasteiger partial charge in [-0.15, -0.1) is 0 Å². The Morgan fingerprint density at radius 3 is 2.50 bits per heavy atom. The fourth-order valence-corrected chi connectivity index (χ4v) is 4.76. The summed E-state index contributed by atoms with van der Waals surface area (Å²) in [6.45, 7) is 3.99. The number of pyridine rings is 1. The number of fused-ring (bicyclic) bond motifs is 3. The lowest BCUT2D eigenvalue weighted by atomic mass is 10.1. The molecule has 30 heavy (non-hydrogen) atoms. The van der Waals surface area contributed by atoms with E-state index in [0.717, 1.165) is 27.2 Å². The zero-order valence-electron chi connectivity index (χ0n) is 16.5. The van der Waals surface area contributed by atoms with Crippen molar-refractivity contribution in [2.24, 2.45) is 0 Å². The van der Waals surface area contributed by atoms with Crippen molar-refractivity contribution in [3.8, 4) is 0 Å². The van der Waals surface area contributed by atoms with Crippen LogP contribution >= 0.6 is 11.8 Å². The molecule has 0 saturated heterocycles. The van der Waals surface area contributed by atoms with Crippen LogP contribution in [0.25, 0.3) is 10.9 Å². The van der Waals surface area contributed by atoms with Gasteiger partial charge in [0, 0.05) is 26.8 Å². The standard InChI is InChI=1S/C24H19N3O2S/c1-14-8-9-18-21(10-14)30-22-12-17-15(2)11-23(28)27(20(17)13-19(22)25-18)26-24(29)16-6-4-3-5-7-16/h3-13,25H,1-2H3,(H,26,29). The maximum absolute atomic E-state index is 12.7. The molecule has 6 heteroatoms. The van der Waals surface area contributed by atoms with Crippen LogP contribution in [-0.4, -0.2) is 10.6 Å². The third-order valence-electron chi connectivity index (χ3n) is 5.20. The fraction of sp³-hybridized carbons (Fsp3) is 0.0833. The molecule has 0 bridgehead atoms. The largest absolute Gasteiger partial charge is 0.354 e. The molecule has 5 nitrogen and oxygen atoms in total. The lowest BCUT2D eigenvalue weighted by molar-refractivity contribution is 0.101. The molecule has 5 rings (SSSR count). The molecule has 148 valence electrons. The number of aryl methyl sites for hydroxylation is 2. The molecule has 1 aromatic heterocycles. The average molecular weight is 414 g/mol. The highest BCUT2D eigenvalue weighted by atomic mass is 32.2. The van der Waals surface area contributed by atoms with E-state index in [4.69, 9.17) is 0 Å². The van der Waals surface area contributed by atoms with E-state index >= 15 is 0 Å². The van der Waals surface area contributed by atoms with Crippen molar-refractivity contribution < 1.29 is 4.79 Å². The van der Waals surface area contributed by atoms with Gasteiger partial charge in [0.2, 0.25) is 0 Å². The van der Waals surface area contributed by atoms with Crippen LogP contribution in [-0.2, 0) is 0 Å². The number of anilines is 2. The van der Waals surface area contributed by atoms with E-state index in [2.05, 4.69) is 41.9 Å². The van der Waals surface area contributed by atoms with E-state index in [0.29, 0.717) is 11.1 Å². The SMILES string of the molecule is Cc1ccc2c(c1)Sc1cc3c(C)cc(=O)n(NC(=O)c4ccccc4)c3cc1N2. The Bertz CT molecular complexity index is 1380. The Morgan fingerprint density at radius 1 is 0.933 bits per heavy atom. The molecule has 0 unspecified atom stereocenters. The number of carbonyl (C=O) groups excluding carboxylic acids is 1. The maximum atomic E-state index is 12.7. The number of amides is 1. The number of rotatable bonds is 2. The minimum atomic E-state index is -0.330. The second kappa shape index (κ2) is 7.07. The molecule has 0 aliphatic carbocycles. The number of carbonyl (C=O) groups is 1. The van der Waals surface area contributed by atoms with Crippen LogP contribution in [0.15, 0.2) is 81.3 Å². The Labute approximate surface area is 177 Å². The van der Waals surface area contributed by atoms with Crippen molar-refractivity contribution in [2.45, 2.75) is 23.6 Å². The second-order valence-electron chi connectivity index (χ2n) is 7.40. The molecule has 0 spiro atoms. The van der Waals surface area contributed by atoms with Crippen LogP contribution in [0.4, 0.5) is 11.4 Å². The monoisotopic (exact) mass is 413 g/mol. The number of hydrogen-bond donors (Lipinski definition) is 2. The van der Waals surface area contributed by atoms with E-state index in [1.165, 1.54) is 15.1 Å². The summed E-state index contributed by atoms with van der Waals surface area (Å²) < 4.78 is 1.33. The first kappa shape index (κ1) is 18.5. The average Bonchev–Trinajstić information content (AvgIpc) is 2.74. The molecule has 0 saturated carbocycles. The van der Waals surface area contributed by atoms with Crippen LogP contribution in [0.1, 0.15) is 21.5 Å². The van der Waals surface area contributed by atoms with E-state index < -0.39 is 0 Å². The first-order valence-electron chi connectivity index (χ1n) is 9.62. The molecule has 3 aromatic carbocycles. The predicted octanol–water partition coefficient (Wildman–Crippen LogP) is 5.21. The highest BCUT2D eigenvalue weighted by Gasteiger charge is 2.19. The lowest BCUT2D eigenvalue weighted by Gasteiger charge is -2.23. The maximum Gasteiger partial charge on any atom is 0.270 e. The number of hydrogen-bond acceptors (Lipinski definition) is 4. The predicted molar refractivity (Wildman–Crippen MR) is 122 cm³/mol. The van der Waals surface area contributed by atoms with Gasteiger partial charge in [0.25, 0.3) is 11.5 Å². The molecule has 0 radical (unpaired) electrons. The summed E-state index contributed by atoms with van der Waals surface area (Å²) in [4.78, 5) is 27.7. The number of aromatic nitrogens is 1. The van der Waals surface area contributed by atoms with Crippen LogP contribution in [0, 0.1) is 13.8 Å². The second-order valence-corrected chi connectivity index (χ2v) is 8.48. The fourth-order valence-electron chi connectivity index (χ4n) is 3.65. The molecule has 4 aromatic rings. The summed E-state index contributed by atoms with van der Waals surface area (Å²) in [6.07, 6.45) is 0. The first-order valence-corrected chi connectivity index (χ1v) is 10.4.